The normalized spacial score (nSPS) is 14.4. The molecule has 0 fully saturated rings. The van der Waals surface area contributed by atoms with Gasteiger partial charge in [-0.25, -0.2) is 0 Å². The van der Waals surface area contributed by atoms with Gasteiger partial charge >= 0.3 is 0 Å². The van der Waals surface area contributed by atoms with Crippen molar-refractivity contribution in [2.75, 3.05) is 19.8 Å². The zero-order chi connectivity index (χ0) is 17.2. The minimum atomic E-state index is -0.779. The second kappa shape index (κ2) is 17.9. The van der Waals surface area contributed by atoms with Crippen molar-refractivity contribution >= 4 is 0 Å². The van der Waals surface area contributed by atoms with Crippen LogP contribution in [-0.2, 0) is 4.74 Å². The third-order valence-corrected chi connectivity index (χ3v) is 3.89. The van der Waals surface area contributed by atoms with E-state index in [9.17, 15) is 5.11 Å². The number of ether oxygens (including phenoxy) is 1. The monoisotopic (exact) mass is 330 g/mol. The smallest absolute Gasteiger partial charge is 0.100 e. The van der Waals surface area contributed by atoms with E-state index in [4.69, 9.17) is 14.9 Å². The maximum Gasteiger partial charge on any atom is 0.100 e. The number of aliphatic hydroxyl groups excluding tert-OH is 3. The lowest BCUT2D eigenvalue weighted by molar-refractivity contribution is 0.00585. The largest absolute Gasteiger partial charge is 0.394 e. The molecule has 0 saturated carbocycles. The van der Waals surface area contributed by atoms with Gasteiger partial charge in [-0.3, -0.25) is 0 Å². The summed E-state index contributed by atoms with van der Waals surface area (Å²) in [6.07, 6.45) is 15.7. The summed E-state index contributed by atoms with van der Waals surface area (Å²) in [4.78, 5) is 0. The molecule has 4 heteroatoms. The summed E-state index contributed by atoms with van der Waals surface area (Å²) < 4.78 is 5.21. The van der Waals surface area contributed by atoms with Crippen molar-refractivity contribution < 1.29 is 20.1 Å². The molecule has 2 atom stereocenters. The molecule has 0 aliphatic rings. The van der Waals surface area contributed by atoms with Crippen LogP contribution in [0.4, 0.5) is 0 Å². The molecule has 0 aliphatic heterocycles. The van der Waals surface area contributed by atoms with Crippen molar-refractivity contribution in [1.29, 1.82) is 0 Å². The van der Waals surface area contributed by atoms with Gasteiger partial charge in [0.2, 0.25) is 0 Å². The van der Waals surface area contributed by atoms with Gasteiger partial charge in [0.25, 0.3) is 0 Å². The third-order valence-electron chi connectivity index (χ3n) is 3.89. The van der Waals surface area contributed by atoms with Crippen molar-refractivity contribution in [3.05, 3.63) is 12.2 Å². The molecule has 3 N–H and O–H groups in total. The van der Waals surface area contributed by atoms with Crippen LogP contribution in [0, 0.1) is 0 Å². The SMILES string of the molecule is CCCCCCCCCCC(O)C=CCCCOCC(O)CO. The number of allylic oxidation sites excluding steroid dienone is 1. The van der Waals surface area contributed by atoms with Crippen LogP contribution in [0.15, 0.2) is 12.2 Å². The van der Waals surface area contributed by atoms with E-state index >= 15 is 0 Å². The van der Waals surface area contributed by atoms with Gasteiger partial charge in [0, 0.05) is 6.61 Å². The molecule has 0 amide bonds. The first-order valence-corrected chi connectivity index (χ1v) is 9.42. The number of unbranched alkanes of at least 4 members (excludes halogenated alkanes) is 8. The van der Waals surface area contributed by atoms with Crippen LogP contribution in [0.2, 0.25) is 0 Å². The standard InChI is InChI=1S/C19H38O4/c1-2-3-4-5-6-7-8-10-13-18(21)14-11-9-12-15-23-17-19(22)16-20/h11,14,18-22H,2-10,12-13,15-17H2,1H3. The zero-order valence-corrected chi connectivity index (χ0v) is 15.0. The Morgan fingerprint density at radius 1 is 0.913 bits per heavy atom. The van der Waals surface area contributed by atoms with E-state index in [1.54, 1.807) is 0 Å². The summed E-state index contributed by atoms with van der Waals surface area (Å²) in [7, 11) is 0. The van der Waals surface area contributed by atoms with Gasteiger partial charge in [-0.2, -0.15) is 0 Å². The maximum atomic E-state index is 9.85. The fraction of sp³-hybridized carbons (Fsp3) is 0.895. The van der Waals surface area contributed by atoms with Crippen LogP contribution < -0.4 is 0 Å². The highest BCUT2D eigenvalue weighted by molar-refractivity contribution is 4.88. The van der Waals surface area contributed by atoms with Crippen molar-refractivity contribution in [1.82, 2.24) is 0 Å². The molecule has 0 radical (unpaired) electrons. The summed E-state index contributed by atoms with van der Waals surface area (Å²) in [5.41, 5.74) is 0. The van der Waals surface area contributed by atoms with Crippen LogP contribution >= 0.6 is 0 Å². The number of hydrogen-bond acceptors (Lipinski definition) is 4. The maximum absolute atomic E-state index is 9.85. The summed E-state index contributed by atoms with van der Waals surface area (Å²) in [6.45, 7) is 2.73. The lowest BCUT2D eigenvalue weighted by Crippen LogP contribution is -2.19. The number of aliphatic hydroxyl groups is 3. The quantitative estimate of drug-likeness (QED) is 0.282. The minimum absolute atomic E-state index is 0.182. The number of hydrogen-bond donors (Lipinski definition) is 3. The number of rotatable bonds is 17. The van der Waals surface area contributed by atoms with Crippen molar-refractivity contribution in [2.45, 2.75) is 89.8 Å². The molecule has 23 heavy (non-hydrogen) atoms. The van der Waals surface area contributed by atoms with E-state index in [0.717, 1.165) is 25.7 Å². The van der Waals surface area contributed by atoms with Gasteiger partial charge in [-0.1, -0.05) is 70.4 Å². The molecule has 138 valence electrons. The first-order chi connectivity index (χ1) is 11.2. The van der Waals surface area contributed by atoms with Crippen LogP contribution in [0.3, 0.4) is 0 Å². The second-order valence-electron chi connectivity index (χ2n) is 6.31. The van der Waals surface area contributed by atoms with Gasteiger partial charge in [-0.05, 0) is 19.3 Å². The molecule has 0 aliphatic carbocycles. The van der Waals surface area contributed by atoms with Crippen LogP contribution in [-0.4, -0.2) is 47.3 Å². The highest BCUT2D eigenvalue weighted by atomic mass is 16.5. The molecule has 0 heterocycles. The van der Waals surface area contributed by atoms with Gasteiger partial charge < -0.3 is 20.1 Å². The molecule has 2 unspecified atom stereocenters. The van der Waals surface area contributed by atoms with Gasteiger partial charge in [-0.15, -0.1) is 0 Å². The lowest BCUT2D eigenvalue weighted by Gasteiger charge is -2.07. The third kappa shape index (κ3) is 17.8. The van der Waals surface area contributed by atoms with Gasteiger partial charge in [0.1, 0.15) is 6.10 Å². The topological polar surface area (TPSA) is 69.9 Å². The summed E-state index contributed by atoms with van der Waals surface area (Å²) >= 11 is 0. The van der Waals surface area contributed by atoms with Crippen molar-refractivity contribution in [2.24, 2.45) is 0 Å². The highest BCUT2D eigenvalue weighted by Gasteiger charge is 2.01. The average molecular weight is 331 g/mol. The molecule has 0 spiro atoms. The lowest BCUT2D eigenvalue weighted by atomic mass is 10.1. The molecule has 0 rings (SSSR count). The first-order valence-electron chi connectivity index (χ1n) is 9.42. The van der Waals surface area contributed by atoms with E-state index in [0.29, 0.717) is 6.61 Å². The summed E-state index contributed by atoms with van der Waals surface area (Å²) in [5.74, 6) is 0. The van der Waals surface area contributed by atoms with E-state index in [2.05, 4.69) is 6.92 Å². The molecule has 0 bridgehead atoms. The Bertz CT molecular complexity index is 256. The van der Waals surface area contributed by atoms with Crippen LogP contribution in [0.1, 0.15) is 77.6 Å². The molecule has 0 saturated heterocycles. The predicted molar refractivity (Wildman–Crippen MR) is 95.5 cm³/mol. The Morgan fingerprint density at radius 3 is 2.22 bits per heavy atom. The molecule has 0 aromatic carbocycles. The van der Waals surface area contributed by atoms with Gasteiger partial charge in [0.15, 0.2) is 0 Å². The van der Waals surface area contributed by atoms with E-state index < -0.39 is 6.10 Å². The van der Waals surface area contributed by atoms with Crippen molar-refractivity contribution in [3.8, 4) is 0 Å². The van der Waals surface area contributed by atoms with Crippen LogP contribution in [0.5, 0.6) is 0 Å². The molecule has 0 aromatic rings. The molecular formula is C19H38O4. The summed E-state index contributed by atoms with van der Waals surface area (Å²) in [5, 5.41) is 27.6. The highest BCUT2D eigenvalue weighted by Crippen LogP contribution is 2.11. The van der Waals surface area contributed by atoms with E-state index in [1.807, 2.05) is 12.2 Å². The van der Waals surface area contributed by atoms with Crippen molar-refractivity contribution in [3.63, 3.8) is 0 Å². The Hall–Kier alpha value is -0.420. The minimum Gasteiger partial charge on any atom is -0.394 e. The Kier molecular flexibility index (Phi) is 17.6. The Morgan fingerprint density at radius 2 is 1.57 bits per heavy atom. The first kappa shape index (κ1) is 22.6. The molecule has 4 nitrogen and oxygen atoms in total. The Labute approximate surface area is 142 Å². The zero-order valence-electron chi connectivity index (χ0n) is 15.0. The fourth-order valence-electron chi connectivity index (χ4n) is 2.41. The van der Waals surface area contributed by atoms with Gasteiger partial charge in [0.05, 0.1) is 19.3 Å². The molecular weight excluding hydrogens is 292 g/mol. The molecule has 0 aromatic heterocycles. The second-order valence-corrected chi connectivity index (χ2v) is 6.31. The van der Waals surface area contributed by atoms with E-state index in [-0.39, 0.29) is 19.3 Å². The average Bonchev–Trinajstić information content (AvgIpc) is 2.56. The fourth-order valence-corrected chi connectivity index (χ4v) is 2.41. The van der Waals surface area contributed by atoms with Crippen LogP contribution in [0.25, 0.3) is 0 Å². The Balaban J connectivity index is 3.30. The summed E-state index contributed by atoms with van der Waals surface area (Å²) in [6, 6.07) is 0. The van der Waals surface area contributed by atoms with E-state index in [1.165, 1.54) is 44.9 Å². The predicted octanol–water partition coefficient (Wildman–Crippen LogP) is 3.58.